The van der Waals surface area contributed by atoms with Gasteiger partial charge in [0.15, 0.2) is 5.17 Å². The summed E-state index contributed by atoms with van der Waals surface area (Å²) in [7, 11) is 0. The number of rotatable bonds is 3. The van der Waals surface area contributed by atoms with Crippen molar-refractivity contribution in [3.63, 3.8) is 0 Å². The molecule has 0 bridgehead atoms. The molecule has 0 aliphatic carbocycles. The van der Waals surface area contributed by atoms with Crippen LogP contribution in [0.1, 0.15) is 18.1 Å². The molecule has 3 rings (SSSR count). The normalized spacial score (nSPS) is 17.1. The highest BCUT2D eigenvalue weighted by molar-refractivity contribution is 8.18. The van der Waals surface area contributed by atoms with Crippen molar-refractivity contribution in [2.24, 2.45) is 4.99 Å². The molecule has 0 spiro atoms. The quantitative estimate of drug-likeness (QED) is 0.736. The first-order valence-corrected chi connectivity index (χ1v) is 8.87. The molecular formula is C19H14F3N3O2S. The monoisotopic (exact) mass is 405 g/mol. The van der Waals surface area contributed by atoms with Crippen molar-refractivity contribution in [3.05, 3.63) is 64.6 Å². The van der Waals surface area contributed by atoms with Gasteiger partial charge in [-0.15, -0.1) is 0 Å². The van der Waals surface area contributed by atoms with Gasteiger partial charge in [0.25, 0.3) is 5.91 Å². The van der Waals surface area contributed by atoms with E-state index in [1.807, 2.05) is 0 Å². The van der Waals surface area contributed by atoms with Crippen LogP contribution in [0.3, 0.4) is 0 Å². The lowest BCUT2D eigenvalue weighted by atomic mass is 10.2. The summed E-state index contributed by atoms with van der Waals surface area (Å²) in [5.74, 6) is -0.575. The molecule has 2 aromatic carbocycles. The van der Waals surface area contributed by atoms with Crippen LogP contribution in [0.5, 0.6) is 0 Å². The summed E-state index contributed by atoms with van der Waals surface area (Å²) >= 11 is 1.04. The van der Waals surface area contributed by atoms with Crippen LogP contribution in [0.2, 0.25) is 0 Å². The lowest BCUT2D eigenvalue weighted by molar-refractivity contribution is -0.137. The Morgan fingerprint density at radius 3 is 2.54 bits per heavy atom. The van der Waals surface area contributed by atoms with E-state index in [1.54, 1.807) is 30.3 Å². The number of alkyl halides is 3. The molecule has 0 unspecified atom stereocenters. The third kappa shape index (κ3) is 5.01. The summed E-state index contributed by atoms with van der Waals surface area (Å²) in [6, 6.07) is 11.4. The van der Waals surface area contributed by atoms with E-state index in [0.717, 1.165) is 29.5 Å². The van der Waals surface area contributed by atoms with Gasteiger partial charge in [0.1, 0.15) is 0 Å². The van der Waals surface area contributed by atoms with E-state index in [9.17, 15) is 22.8 Å². The molecule has 0 saturated carbocycles. The number of nitrogens with one attached hydrogen (secondary N) is 2. The maximum atomic E-state index is 12.8. The van der Waals surface area contributed by atoms with Crippen molar-refractivity contribution in [2.45, 2.75) is 13.1 Å². The minimum Gasteiger partial charge on any atom is -0.326 e. The van der Waals surface area contributed by atoms with Crippen LogP contribution in [0.4, 0.5) is 24.5 Å². The Hall–Kier alpha value is -3.07. The molecular weight excluding hydrogens is 391 g/mol. The van der Waals surface area contributed by atoms with Crippen molar-refractivity contribution >= 4 is 46.2 Å². The first kappa shape index (κ1) is 19.7. The fourth-order valence-corrected chi connectivity index (χ4v) is 3.21. The van der Waals surface area contributed by atoms with Crippen molar-refractivity contribution in [1.29, 1.82) is 0 Å². The minimum atomic E-state index is -4.46. The van der Waals surface area contributed by atoms with Crippen LogP contribution in [0.25, 0.3) is 6.08 Å². The highest BCUT2D eigenvalue weighted by atomic mass is 32.2. The Morgan fingerprint density at radius 2 is 1.89 bits per heavy atom. The Balaban J connectivity index is 1.77. The zero-order valence-corrected chi connectivity index (χ0v) is 15.3. The summed E-state index contributed by atoms with van der Waals surface area (Å²) in [5, 5.41) is 5.38. The SMILES string of the molecule is CC(=O)Nc1ccc(/C=C2/SC(=Nc3cccc(C(F)(F)F)c3)NC2=O)cc1. The van der Waals surface area contributed by atoms with E-state index in [1.165, 1.54) is 19.1 Å². The van der Waals surface area contributed by atoms with Crippen molar-refractivity contribution in [2.75, 3.05) is 5.32 Å². The molecule has 1 heterocycles. The smallest absolute Gasteiger partial charge is 0.326 e. The summed E-state index contributed by atoms with van der Waals surface area (Å²) < 4.78 is 38.4. The lowest BCUT2D eigenvalue weighted by Crippen LogP contribution is -2.19. The number of carbonyl (C=O) groups is 2. The molecule has 2 N–H and O–H groups in total. The first-order chi connectivity index (χ1) is 13.2. The molecule has 5 nitrogen and oxygen atoms in total. The molecule has 28 heavy (non-hydrogen) atoms. The lowest BCUT2D eigenvalue weighted by Gasteiger charge is -2.06. The predicted octanol–water partition coefficient (Wildman–Crippen LogP) is 4.56. The molecule has 0 atom stereocenters. The second kappa shape index (κ2) is 7.89. The number of nitrogens with zero attached hydrogens (tertiary/aromatic N) is 1. The number of aliphatic imine (C=N–C) groups is 1. The number of halogens is 3. The van der Waals surface area contributed by atoms with E-state index < -0.39 is 11.7 Å². The third-order valence-electron chi connectivity index (χ3n) is 3.58. The van der Waals surface area contributed by atoms with E-state index in [0.29, 0.717) is 10.6 Å². The van der Waals surface area contributed by atoms with Crippen LogP contribution >= 0.6 is 11.8 Å². The Labute approximate surface area is 162 Å². The molecule has 9 heteroatoms. The van der Waals surface area contributed by atoms with Crippen LogP contribution in [-0.4, -0.2) is 17.0 Å². The standard InChI is InChI=1S/C19H14F3N3O2S/c1-11(26)23-14-7-5-12(6-8-14)9-16-17(27)25-18(28-16)24-15-4-2-3-13(10-15)19(20,21)22/h2-10H,1H3,(H,23,26)(H,24,25,27)/b16-9+. The van der Waals surface area contributed by atoms with Gasteiger partial charge in [0.2, 0.25) is 5.91 Å². The molecule has 144 valence electrons. The highest BCUT2D eigenvalue weighted by Crippen LogP contribution is 2.33. The zero-order chi connectivity index (χ0) is 20.3. The minimum absolute atomic E-state index is 0.0959. The fraction of sp³-hybridized carbons (Fsp3) is 0.105. The molecule has 0 aromatic heterocycles. The van der Waals surface area contributed by atoms with Crippen LogP contribution < -0.4 is 10.6 Å². The molecule has 2 aromatic rings. The largest absolute Gasteiger partial charge is 0.416 e. The molecule has 1 aliphatic rings. The van der Waals surface area contributed by atoms with Gasteiger partial charge >= 0.3 is 6.18 Å². The number of hydrogen-bond acceptors (Lipinski definition) is 4. The second-order valence-corrected chi connectivity index (χ2v) is 6.86. The number of thioether (sulfide) groups is 1. The average Bonchev–Trinajstić information content (AvgIpc) is 2.95. The van der Waals surface area contributed by atoms with E-state index in [2.05, 4.69) is 15.6 Å². The summed E-state index contributed by atoms with van der Waals surface area (Å²) in [5.41, 5.74) is 0.647. The predicted molar refractivity (Wildman–Crippen MR) is 103 cm³/mol. The number of amidine groups is 1. The number of amides is 2. The summed E-state index contributed by atoms with van der Waals surface area (Å²) in [6.07, 6.45) is -2.83. The first-order valence-electron chi connectivity index (χ1n) is 8.05. The van der Waals surface area contributed by atoms with Crippen molar-refractivity contribution in [1.82, 2.24) is 5.32 Å². The topological polar surface area (TPSA) is 70.6 Å². The molecule has 1 fully saturated rings. The van der Waals surface area contributed by atoms with E-state index in [4.69, 9.17) is 0 Å². The molecule has 1 aliphatic heterocycles. The van der Waals surface area contributed by atoms with Crippen LogP contribution in [-0.2, 0) is 15.8 Å². The number of benzene rings is 2. The number of hydrogen-bond donors (Lipinski definition) is 2. The second-order valence-electron chi connectivity index (χ2n) is 5.83. The molecule has 0 radical (unpaired) electrons. The van der Waals surface area contributed by atoms with Gasteiger partial charge in [-0.3, -0.25) is 9.59 Å². The van der Waals surface area contributed by atoms with Gasteiger partial charge in [-0.05, 0) is 53.7 Å². The Morgan fingerprint density at radius 1 is 1.18 bits per heavy atom. The van der Waals surface area contributed by atoms with Gasteiger partial charge in [0.05, 0.1) is 16.2 Å². The van der Waals surface area contributed by atoms with Gasteiger partial charge in [0, 0.05) is 12.6 Å². The van der Waals surface area contributed by atoms with Crippen molar-refractivity contribution in [3.8, 4) is 0 Å². The average molecular weight is 405 g/mol. The van der Waals surface area contributed by atoms with Gasteiger partial charge < -0.3 is 10.6 Å². The van der Waals surface area contributed by atoms with Crippen LogP contribution in [0, 0.1) is 0 Å². The number of anilines is 1. The fourth-order valence-electron chi connectivity index (χ4n) is 2.37. The van der Waals surface area contributed by atoms with Crippen molar-refractivity contribution < 1.29 is 22.8 Å². The Bertz CT molecular complexity index is 983. The maximum absolute atomic E-state index is 12.8. The number of carbonyl (C=O) groups excluding carboxylic acids is 2. The van der Waals surface area contributed by atoms with Gasteiger partial charge in [-0.1, -0.05) is 18.2 Å². The van der Waals surface area contributed by atoms with E-state index >= 15 is 0 Å². The van der Waals surface area contributed by atoms with E-state index in [-0.39, 0.29) is 22.7 Å². The van der Waals surface area contributed by atoms with Gasteiger partial charge in [-0.2, -0.15) is 13.2 Å². The zero-order valence-electron chi connectivity index (χ0n) is 14.5. The molecule has 1 saturated heterocycles. The third-order valence-corrected chi connectivity index (χ3v) is 4.49. The molecule has 2 amide bonds. The van der Waals surface area contributed by atoms with Gasteiger partial charge in [-0.25, -0.2) is 4.99 Å². The Kier molecular flexibility index (Phi) is 5.55. The highest BCUT2D eigenvalue weighted by Gasteiger charge is 2.30. The maximum Gasteiger partial charge on any atom is 0.416 e. The summed E-state index contributed by atoms with van der Waals surface area (Å²) in [6.45, 7) is 1.40. The van der Waals surface area contributed by atoms with Crippen LogP contribution in [0.15, 0.2) is 58.4 Å². The summed E-state index contributed by atoms with van der Waals surface area (Å²) in [4.78, 5) is 27.6.